The van der Waals surface area contributed by atoms with Crippen molar-refractivity contribution in [1.29, 1.82) is 0 Å². The van der Waals surface area contributed by atoms with Crippen molar-refractivity contribution in [2.75, 3.05) is 19.7 Å². The highest BCUT2D eigenvalue weighted by molar-refractivity contribution is 5.76. The minimum absolute atomic E-state index is 0.259. The highest BCUT2D eigenvalue weighted by Crippen LogP contribution is 2.29. The molecule has 2 aliphatic rings. The topological polar surface area (TPSA) is 40.5 Å². The van der Waals surface area contributed by atoms with Gasteiger partial charge in [0.05, 0.1) is 0 Å². The van der Waals surface area contributed by atoms with Crippen molar-refractivity contribution >= 4 is 5.91 Å². The van der Waals surface area contributed by atoms with Gasteiger partial charge in [0, 0.05) is 26.1 Å². The van der Waals surface area contributed by atoms with Gasteiger partial charge in [-0.05, 0) is 43.9 Å². The molecule has 1 unspecified atom stereocenters. The van der Waals surface area contributed by atoms with E-state index in [2.05, 4.69) is 0 Å². The van der Waals surface area contributed by atoms with Crippen LogP contribution in [0.2, 0.25) is 0 Å². The van der Waals surface area contributed by atoms with E-state index in [4.69, 9.17) is 5.11 Å². The van der Waals surface area contributed by atoms with Crippen molar-refractivity contribution in [3.63, 3.8) is 0 Å². The number of carbonyl (C=O) groups excluding carboxylic acids is 1. The van der Waals surface area contributed by atoms with Gasteiger partial charge in [0.1, 0.15) is 0 Å². The predicted molar refractivity (Wildman–Crippen MR) is 67.6 cm³/mol. The third kappa shape index (κ3) is 3.70. The predicted octanol–water partition coefficient (Wildman–Crippen LogP) is 2.19. The van der Waals surface area contributed by atoms with Gasteiger partial charge in [-0.2, -0.15) is 0 Å². The Balaban J connectivity index is 1.77. The van der Waals surface area contributed by atoms with E-state index in [-0.39, 0.29) is 6.61 Å². The number of hydrogen-bond donors (Lipinski definition) is 1. The third-order valence-corrected chi connectivity index (χ3v) is 4.35. The Kier molecular flexibility index (Phi) is 4.84. The molecule has 17 heavy (non-hydrogen) atoms. The molecular weight excluding hydrogens is 214 g/mol. The number of likely N-dealkylation sites (tertiary alicyclic amines) is 1. The van der Waals surface area contributed by atoms with Crippen molar-refractivity contribution in [2.24, 2.45) is 11.8 Å². The van der Waals surface area contributed by atoms with E-state index in [1.165, 1.54) is 32.1 Å². The maximum absolute atomic E-state index is 12.2. The molecule has 0 radical (unpaired) electrons. The van der Waals surface area contributed by atoms with E-state index >= 15 is 0 Å². The third-order valence-electron chi connectivity index (χ3n) is 4.35. The number of piperidine rings is 1. The van der Waals surface area contributed by atoms with Gasteiger partial charge < -0.3 is 10.0 Å². The largest absolute Gasteiger partial charge is 0.396 e. The molecule has 1 atom stereocenters. The SMILES string of the molecule is O=C(CC1CCCC1)N1CCCC(CCO)C1. The lowest BCUT2D eigenvalue weighted by Gasteiger charge is -2.33. The van der Waals surface area contributed by atoms with Crippen molar-refractivity contribution in [2.45, 2.75) is 51.4 Å². The minimum Gasteiger partial charge on any atom is -0.396 e. The van der Waals surface area contributed by atoms with Crippen molar-refractivity contribution in [3.8, 4) is 0 Å². The minimum atomic E-state index is 0.259. The van der Waals surface area contributed by atoms with Crippen LogP contribution in [0.25, 0.3) is 0 Å². The maximum Gasteiger partial charge on any atom is 0.222 e. The Morgan fingerprint density at radius 1 is 1.12 bits per heavy atom. The second-order valence-electron chi connectivity index (χ2n) is 5.71. The van der Waals surface area contributed by atoms with Gasteiger partial charge in [0.15, 0.2) is 0 Å². The van der Waals surface area contributed by atoms with E-state index in [0.29, 0.717) is 17.7 Å². The molecule has 1 saturated heterocycles. The zero-order valence-corrected chi connectivity index (χ0v) is 10.7. The van der Waals surface area contributed by atoms with Gasteiger partial charge in [-0.1, -0.05) is 12.8 Å². The summed E-state index contributed by atoms with van der Waals surface area (Å²) in [5.41, 5.74) is 0. The first-order valence-electron chi connectivity index (χ1n) is 7.18. The molecule has 2 rings (SSSR count). The molecule has 1 N–H and O–H groups in total. The fourth-order valence-corrected chi connectivity index (χ4v) is 3.30. The lowest BCUT2D eigenvalue weighted by molar-refractivity contribution is -0.134. The second-order valence-corrected chi connectivity index (χ2v) is 5.71. The standard InChI is InChI=1S/C14H25NO2/c16-9-7-13-6-3-8-15(11-13)14(17)10-12-4-1-2-5-12/h12-13,16H,1-11H2. The smallest absolute Gasteiger partial charge is 0.222 e. The summed E-state index contributed by atoms with van der Waals surface area (Å²) in [6, 6.07) is 0. The van der Waals surface area contributed by atoms with Crippen molar-refractivity contribution in [3.05, 3.63) is 0 Å². The first-order valence-corrected chi connectivity index (χ1v) is 7.18. The second kappa shape index (κ2) is 6.39. The van der Waals surface area contributed by atoms with E-state index in [0.717, 1.165) is 32.4 Å². The molecule has 3 nitrogen and oxygen atoms in total. The monoisotopic (exact) mass is 239 g/mol. The number of amides is 1. The molecule has 0 bridgehead atoms. The average molecular weight is 239 g/mol. The summed E-state index contributed by atoms with van der Waals surface area (Å²) in [7, 11) is 0. The quantitative estimate of drug-likeness (QED) is 0.817. The summed E-state index contributed by atoms with van der Waals surface area (Å²) in [6.45, 7) is 2.08. The number of aliphatic hydroxyl groups is 1. The molecule has 0 spiro atoms. The Bertz CT molecular complexity index is 247. The Hall–Kier alpha value is -0.570. The fourth-order valence-electron chi connectivity index (χ4n) is 3.30. The normalized spacial score (nSPS) is 26.4. The lowest BCUT2D eigenvalue weighted by atomic mass is 9.94. The van der Waals surface area contributed by atoms with Gasteiger partial charge in [-0.3, -0.25) is 4.79 Å². The van der Waals surface area contributed by atoms with Crippen LogP contribution in [0, 0.1) is 11.8 Å². The van der Waals surface area contributed by atoms with Crippen molar-refractivity contribution < 1.29 is 9.90 Å². The maximum atomic E-state index is 12.2. The van der Waals surface area contributed by atoms with Crippen LogP contribution in [0.15, 0.2) is 0 Å². The average Bonchev–Trinajstić information content (AvgIpc) is 2.83. The molecule has 2 fully saturated rings. The van der Waals surface area contributed by atoms with Crippen LogP contribution in [-0.2, 0) is 4.79 Å². The number of rotatable bonds is 4. The molecule has 1 saturated carbocycles. The summed E-state index contributed by atoms with van der Waals surface area (Å²) < 4.78 is 0. The number of hydrogen-bond acceptors (Lipinski definition) is 2. The lowest BCUT2D eigenvalue weighted by Crippen LogP contribution is -2.40. The Labute approximate surface area is 104 Å². The van der Waals surface area contributed by atoms with Gasteiger partial charge in [0.2, 0.25) is 5.91 Å². The summed E-state index contributed by atoms with van der Waals surface area (Å²) >= 11 is 0. The summed E-state index contributed by atoms with van der Waals surface area (Å²) in [5, 5.41) is 8.97. The van der Waals surface area contributed by atoms with E-state index < -0.39 is 0 Å². The summed E-state index contributed by atoms with van der Waals surface area (Å²) in [6.07, 6.45) is 9.03. The first kappa shape index (κ1) is 12.9. The fraction of sp³-hybridized carbons (Fsp3) is 0.929. The molecule has 98 valence electrons. The van der Waals surface area contributed by atoms with Crippen LogP contribution in [0.3, 0.4) is 0 Å². The van der Waals surface area contributed by atoms with Crippen LogP contribution in [-0.4, -0.2) is 35.6 Å². The Morgan fingerprint density at radius 2 is 1.82 bits per heavy atom. The molecule has 1 aliphatic carbocycles. The van der Waals surface area contributed by atoms with Crippen LogP contribution in [0.4, 0.5) is 0 Å². The van der Waals surface area contributed by atoms with Crippen LogP contribution in [0.5, 0.6) is 0 Å². The van der Waals surface area contributed by atoms with Gasteiger partial charge >= 0.3 is 0 Å². The van der Waals surface area contributed by atoms with E-state index in [9.17, 15) is 4.79 Å². The number of nitrogens with zero attached hydrogens (tertiary/aromatic N) is 1. The highest BCUT2D eigenvalue weighted by atomic mass is 16.3. The van der Waals surface area contributed by atoms with Gasteiger partial charge in [-0.25, -0.2) is 0 Å². The number of aliphatic hydroxyl groups excluding tert-OH is 1. The molecule has 0 aromatic heterocycles. The molecule has 1 heterocycles. The summed E-state index contributed by atoms with van der Waals surface area (Å²) in [5.74, 6) is 1.54. The van der Waals surface area contributed by atoms with E-state index in [1.807, 2.05) is 4.90 Å². The molecule has 1 amide bonds. The van der Waals surface area contributed by atoms with Crippen LogP contribution in [0.1, 0.15) is 51.4 Å². The van der Waals surface area contributed by atoms with Gasteiger partial charge in [-0.15, -0.1) is 0 Å². The van der Waals surface area contributed by atoms with E-state index in [1.54, 1.807) is 0 Å². The molecule has 1 aliphatic heterocycles. The molecule has 0 aromatic rings. The zero-order chi connectivity index (χ0) is 12.1. The molecular formula is C14H25NO2. The van der Waals surface area contributed by atoms with Crippen LogP contribution < -0.4 is 0 Å². The Morgan fingerprint density at radius 3 is 2.53 bits per heavy atom. The zero-order valence-electron chi connectivity index (χ0n) is 10.7. The molecule has 3 heteroatoms. The first-order chi connectivity index (χ1) is 8.29. The highest BCUT2D eigenvalue weighted by Gasteiger charge is 2.26. The van der Waals surface area contributed by atoms with Crippen LogP contribution >= 0.6 is 0 Å². The van der Waals surface area contributed by atoms with Gasteiger partial charge in [0.25, 0.3) is 0 Å². The summed E-state index contributed by atoms with van der Waals surface area (Å²) in [4.78, 5) is 14.2. The number of carbonyl (C=O) groups is 1. The molecule has 0 aromatic carbocycles. The van der Waals surface area contributed by atoms with Crippen molar-refractivity contribution in [1.82, 2.24) is 4.90 Å².